The fourth-order valence-electron chi connectivity index (χ4n) is 5.41. The Hall–Kier alpha value is -2.44. The number of nitrogens with one attached hydrogen (secondary N) is 1. The molecule has 0 saturated heterocycles. The van der Waals surface area contributed by atoms with Crippen LogP contribution in [0.25, 0.3) is 0 Å². The fourth-order valence-corrected chi connectivity index (χ4v) is 5.41. The maximum Gasteiger partial charge on any atom is 0.322 e. The number of carbonyl (C=O) groups excluding carboxylic acids is 1. The molecule has 5 nitrogen and oxygen atoms in total. The molecular formula is C27H36F2N2O3. The number of hydrogen-bond acceptors (Lipinski definition) is 2. The smallest absolute Gasteiger partial charge is 0.322 e. The first-order valence-electron chi connectivity index (χ1n) is 12.2. The molecule has 2 saturated carbocycles. The molecule has 0 radical (unpaired) electrons. The number of benzene rings is 1. The van der Waals surface area contributed by atoms with Crippen LogP contribution >= 0.6 is 0 Å². The Bertz CT molecular complexity index is 1020. The normalized spacial score (nSPS) is 29.1. The number of amides is 2. The van der Waals surface area contributed by atoms with Gasteiger partial charge < -0.3 is 10.4 Å². The van der Waals surface area contributed by atoms with Gasteiger partial charge in [-0.15, -0.1) is 0 Å². The second-order valence-corrected chi connectivity index (χ2v) is 11.9. The molecule has 2 N–H and O–H groups in total. The van der Waals surface area contributed by atoms with Crippen molar-refractivity contribution in [3.05, 3.63) is 46.7 Å². The highest BCUT2D eigenvalue weighted by molar-refractivity contribution is 5.80. The van der Waals surface area contributed by atoms with Crippen molar-refractivity contribution in [3.8, 4) is 0 Å². The topological polar surface area (TPSA) is 69.6 Å². The predicted octanol–water partition coefficient (Wildman–Crippen LogP) is 6.01. The average Bonchev–Trinajstić information content (AvgIpc) is 2.64. The van der Waals surface area contributed by atoms with Gasteiger partial charge in [-0.25, -0.2) is 13.6 Å². The fraction of sp³-hybridized carbons (Fsp3) is 0.630. The second kappa shape index (κ2) is 8.35. The average molecular weight is 475 g/mol. The van der Waals surface area contributed by atoms with E-state index in [1.54, 1.807) is 6.20 Å². The first-order valence-corrected chi connectivity index (χ1v) is 12.2. The molecule has 4 rings (SSSR count). The van der Waals surface area contributed by atoms with E-state index in [0.29, 0.717) is 12.8 Å². The molecule has 2 amide bonds. The van der Waals surface area contributed by atoms with E-state index in [1.165, 1.54) is 10.5 Å². The molecule has 3 aliphatic rings. The summed E-state index contributed by atoms with van der Waals surface area (Å²) in [6.45, 7) is 10.7. The lowest BCUT2D eigenvalue weighted by atomic mass is 9.64. The maximum absolute atomic E-state index is 13.5. The van der Waals surface area contributed by atoms with E-state index in [2.05, 4.69) is 45.1 Å². The van der Waals surface area contributed by atoms with Gasteiger partial charge in [0.05, 0.1) is 11.5 Å². The van der Waals surface area contributed by atoms with Crippen LogP contribution in [0.15, 0.2) is 30.0 Å². The number of hydrogen-bond donors (Lipinski definition) is 2. The molecule has 1 heterocycles. The van der Waals surface area contributed by atoms with Crippen LogP contribution in [-0.2, 0) is 16.8 Å². The summed E-state index contributed by atoms with van der Waals surface area (Å²) >= 11 is 0. The van der Waals surface area contributed by atoms with Crippen molar-refractivity contribution in [3.63, 3.8) is 0 Å². The Morgan fingerprint density at radius 2 is 1.88 bits per heavy atom. The van der Waals surface area contributed by atoms with E-state index < -0.39 is 29.4 Å². The summed E-state index contributed by atoms with van der Waals surface area (Å²) in [5.41, 5.74) is 3.67. The number of alkyl halides is 2. The summed E-state index contributed by atoms with van der Waals surface area (Å²) in [5.74, 6) is -3.97. The maximum atomic E-state index is 13.5. The number of aliphatic carboxylic acids is 1. The van der Waals surface area contributed by atoms with E-state index in [0.717, 1.165) is 29.5 Å². The summed E-state index contributed by atoms with van der Waals surface area (Å²) in [4.78, 5) is 25.9. The molecule has 34 heavy (non-hydrogen) atoms. The molecule has 0 spiro atoms. The Morgan fingerprint density at radius 3 is 2.41 bits per heavy atom. The van der Waals surface area contributed by atoms with Gasteiger partial charge in [0.1, 0.15) is 0 Å². The van der Waals surface area contributed by atoms with Gasteiger partial charge in [0, 0.05) is 25.1 Å². The first kappa shape index (κ1) is 24.7. The summed E-state index contributed by atoms with van der Waals surface area (Å²) in [7, 11) is 0. The van der Waals surface area contributed by atoms with Crippen LogP contribution in [0.5, 0.6) is 0 Å². The molecule has 1 atom stereocenters. The van der Waals surface area contributed by atoms with Crippen molar-refractivity contribution < 1.29 is 23.5 Å². The van der Waals surface area contributed by atoms with Gasteiger partial charge in [0.15, 0.2) is 0 Å². The largest absolute Gasteiger partial charge is 0.481 e. The first-order chi connectivity index (χ1) is 15.7. The van der Waals surface area contributed by atoms with Crippen molar-refractivity contribution in [1.29, 1.82) is 0 Å². The molecule has 1 aromatic rings. The highest BCUT2D eigenvalue weighted by Gasteiger charge is 2.53. The highest BCUT2D eigenvalue weighted by atomic mass is 19.3. The SMILES string of the molecule is Cc1cc([C@]2(C)NC(=O)N(C3CC(F)(F)C3)C=C2C2CC(C(=O)O)C2)ccc1CCC(C)(C)C. The number of carbonyl (C=O) groups is 2. The summed E-state index contributed by atoms with van der Waals surface area (Å²) < 4.78 is 27.1. The molecule has 1 aliphatic heterocycles. The number of halogens is 2. The molecule has 0 unspecified atom stereocenters. The molecule has 2 fully saturated rings. The van der Waals surface area contributed by atoms with Crippen molar-refractivity contribution in [1.82, 2.24) is 10.2 Å². The van der Waals surface area contributed by atoms with Crippen LogP contribution in [0.2, 0.25) is 0 Å². The third kappa shape index (κ3) is 4.71. The number of nitrogens with zero attached hydrogens (tertiary/aromatic N) is 1. The monoisotopic (exact) mass is 474 g/mol. The molecule has 2 aliphatic carbocycles. The number of urea groups is 1. The van der Waals surface area contributed by atoms with E-state index >= 15 is 0 Å². The lowest BCUT2D eigenvalue weighted by Gasteiger charge is -2.50. The van der Waals surface area contributed by atoms with E-state index in [1.807, 2.05) is 13.0 Å². The minimum absolute atomic E-state index is 0.0179. The quantitative estimate of drug-likeness (QED) is 0.531. The van der Waals surface area contributed by atoms with E-state index in [4.69, 9.17) is 0 Å². The summed E-state index contributed by atoms with van der Waals surface area (Å²) in [6.07, 6.45) is 4.06. The van der Waals surface area contributed by atoms with Crippen molar-refractivity contribution in [2.45, 2.75) is 90.6 Å². The lowest BCUT2D eigenvalue weighted by molar-refractivity contribution is -0.146. The third-order valence-corrected chi connectivity index (χ3v) is 7.90. The van der Waals surface area contributed by atoms with E-state index in [9.17, 15) is 23.5 Å². The Labute approximate surface area is 200 Å². The number of carboxylic acid groups (broad SMARTS) is 1. The predicted molar refractivity (Wildman–Crippen MR) is 127 cm³/mol. The minimum atomic E-state index is -2.73. The molecule has 7 heteroatoms. The van der Waals surface area contributed by atoms with Crippen molar-refractivity contribution in [2.24, 2.45) is 17.3 Å². The zero-order chi connectivity index (χ0) is 25.1. The van der Waals surface area contributed by atoms with Crippen LogP contribution in [0.3, 0.4) is 0 Å². The van der Waals surface area contributed by atoms with Gasteiger partial charge in [0.2, 0.25) is 0 Å². The zero-order valence-electron chi connectivity index (χ0n) is 20.8. The van der Waals surface area contributed by atoms with Gasteiger partial charge in [-0.1, -0.05) is 39.0 Å². The molecule has 1 aromatic carbocycles. The van der Waals surface area contributed by atoms with Gasteiger partial charge >= 0.3 is 12.0 Å². The number of rotatable bonds is 6. The summed E-state index contributed by atoms with van der Waals surface area (Å²) in [5, 5.41) is 12.5. The van der Waals surface area contributed by atoms with Gasteiger partial charge in [0.25, 0.3) is 5.92 Å². The standard InChI is InChI=1S/C27H36F2N2O3/c1-16-10-20(7-6-17(16)8-9-25(2,3)4)26(5)22(18-11-19(12-18)23(32)33)15-31(24(34)30-26)21-13-27(28,29)14-21/h6-7,10,15,18-19,21H,8-9,11-14H2,1-5H3,(H,30,34)(H,32,33)/t18?,19?,26-/m0/s1. The van der Waals surface area contributed by atoms with Crippen LogP contribution in [0, 0.1) is 24.2 Å². The zero-order valence-corrected chi connectivity index (χ0v) is 20.8. The van der Waals surface area contributed by atoms with Crippen molar-refractivity contribution >= 4 is 12.0 Å². The lowest BCUT2D eigenvalue weighted by Crippen LogP contribution is -2.61. The molecular weight excluding hydrogens is 438 g/mol. The molecule has 186 valence electrons. The Morgan fingerprint density at radius 1 is 1.24 bits per heavy atom. The minimum Gasteiger partial charge on any atom is -0.481 e. The Balaban J connectivity index is 1.65. The van der Waals surface area contributed by atoms with Crippen molar-refractivity contribution in [2.75, 3.05) is 0 Å². The third-order valence-electron chi connectivity index (χ3n) is 7.90. The second-order valence-electron chi connectivity index (χ2n) is 11.9. The van der Waals surface area contributed by atoms with E-state index in [-0.39, 0.29) is 30.2 Å². The number of carboxylic acids is 1. The van der Waals surface area contributed by atoms with Gasteiger partial charge in [-0.2, -0.15) is 0 Å². The Kier molecular flexibility index (Phi) is 6.06. The molecule has 0 aromatic heterocycles. The van der Waals surface area contributed by atoms with Crippen LogP contribution < -0.4 is 5.32 Å². The van der Waals surface area contributed by atoms with Crippen LogP contribution in [0.4, 0.5) is 13.6 Å². The number of aryl methyl sites for hydroxylation is 2. The van der Waals surface area contributed by atoms with Crippen LogP contribution in [-0.4, -0.2) is 34.0 Å². The van der Waals surface area contributed by atoms with Crippen LogP contribution in [0.1, 0.15) is 76.5 Å². The van der Waals surface area contributed by atoms with Gasteiger partial charge in [-0.05, 0) is 73.1 Å². The highest BCUT2D eigenvalue weighted by Crippen LogP contribution is 2.49. The molecule has 0 bridgehead atoms. The summed E-state index contributed by atoms with van der Waals surface area (Å²) in [6, 6.07) is 5.35. The van der Waals surface area contributed by atoms with Gasteiger partial charge in [-0.3, -0.25) is 9.69 Å².